The van der Waals surface area contributed by atoms with Gasteiger partial charge >= 0.3 is 19.8 Å². The van der Waals surface area contributed by atoms with Crippen LogP contribution in [0.4, 0.5) is 0 Å². The van der Waals surface area contributed by atoms with Crippen molar-refractivity contribution < 1.29 is 42.1 Å². The number of ether oxygens (including phenoxy) is 2. The van der Waals surface area contributed by atoms with Crippen LogP contribution in [0.15, 0.2) is 36.5 Å². The first kappa shape index (κ1) is 48.2. The normalized spacial score (nSPS) is 14.1. The maximum absolute atomic E-state index is 12.6. The molecule has 2 atom stereocenters. The molecule has 10 heteroatoms. The van der Waals surface area contributed by atoms with E-state index in [0.717, 1.165) is 44.9 Å². The Kier molecular flexibility index (Phi) is 31.9. The van der Waals surface area contributed by atoms with Crippen molar-refractivity contribution in [3.05, 3.63) is 36.5 Å². The first-order valence-corrected chi connectivity index (χ1v) is 21.2. The molecule has 0 saturated heterocycles. The predicted molar refractivity (Wildman–Crippen MR) is 206 cm³/mol. The number of carbonyl (C=O) groups is 2. The van der Waals surface area contributed by atoms with Crippen LogP contribution in [-0.2, 0) is 32.7 Å². The van der Waals surface area contributed by atoms with Gasteiger partial charge in [-0.3, -0.25) is 18.6 Å². The number of hydrogen-bond acceptors (Lipinski definition) is 7. The van der Waals surface area contributed by atoms with Crippen LogP contribution >= 0.6 is 7.82 Å². The second-order valence-electron chi connectivity index (χ2n) is 14.3. The Balaban J connectivity index is 4.49. The van der Waals surface area contributed by atoms with Gasteiger partial charge in [0.05, 0.1) is 27.7 Å². The van der Waals surface area contributed by atoms with E-state index in [1.807, 2.05) is 21.1 Å². The van der Waals surface area contributed by atoms with Gasteiger partial charge in [-0.1, -0.05) is 127 Å². The SMILES string of the molecule is CCCCC/C=C\C/C=C\C/C=C\CCCCC(=O)OC[C@H](COP(=O)(O)OCC[N+](C)(C)C)OC(=O)CCCCCCCCCCCCC. The third kappa shape index (κ3) is 36.0. The Morgan fingerprint density at radius 1 is 0.620 bits per heavy atom. The first-order chi connectivity index (χ1) is 24.0. The number of esters is 2. The third-order valence-corrected chi connectivity index (χ3v) is 9.16. The second kappa shape index (κ2) is 33.1. The lowest BCUT2D eigenvalue weighted by Crippen LogP contribution is -2.37. The Labute approximate surface area is 306 Å². The summed E-state index contributed by atoms with van der Waals surface area (Å²) in [6, 6.07) is 0. The average Bonchev–Trinajstić information content (AvgIpc) is 3.06. The van der Waals surface area contributed by atoms with Gasteiger partial charge < -0.3 is 18.9 Å². The zero-order valence-corrected chi connectivity index (χ0v) is 33.5. The maximum Gasteiger partial charge on any atom is 0.472 e. The van der Waals surface area contributed by atoms with Gasteiger partial charge in [-0.05, 0) is 51.4 Å². The number of carbonyl (C=O) groups excluding carboxylic acids is 2. The molecule has 0 bridgehead atoms. The fraction of sp³-hybridized carbons (Fsp3) is 0.800. The third-order valence-electron chi connectivity index (χ3n) is 8.17. The van der Waals surface area contributed by atoms with Crippen molar-refractivity contribution in [2.24, 2.45) is 0 Å². The highest BCUT2D eigenvalue weighted by molar-refractivity contribution is 7.47. The van der Waals surface area contributed by atoms with E-state index in [1.54, 1.807) is 0 Å². The minimum Gasteiger partial charge on any atom is -0.462 e. The molecule has 0 aromatic heterocycles. The summed E-state index contributed by atoms with van der Waals surface area (Å²) in [6.45, 7) is 4.32. The Morgan fingerprint density at radius 2 is 1.08 bits per heavy atom. The molecule has 1 unspecified atom stereocenters. The lowest BCUT2D eigenvalue weighted by atomic mass is 10.1. The van der Waals surface area contributed by atoms with Crippen LogP contribution in [0, 0.1) is 0 Å². The number of rotatable bonds is 35. The lowest BCUT2D eigenvalue weighted by molar-refractivity contribution is -0.870. The second-order valence-corrected chi connectivity index (χ2v) is 15.8. The van der Waals surface area contributed by atoms with E-state index in [9.17, 15) is 19.0 Å². The molecule has 0 spiro atoms. The van der Waals surface area contributed by atoms with Gasteiger partial charge in [-0.25, -0.2) is 4.57 Å². The van der Waals surface area contributed by atoms with Crippen molar-refractivity contribution in [2.75, 3.05) is 47.5 Å². The predicted octanol–water partition coefficient (Wildman–Crippen LogP) is 10.6. The largest absolute Gasteiger partial charge is 0.472 e. The number of hydrogen-bond donors (Lipinski definition) is 1. The van der Waals surface area contributed by atoms with Gasteiger partial charge in [0, 0.05) is 12.8 Å². The van der Waals surface area contributed by atoms with Crippen LogP contribution in [-0.4, -0.2) is 74.9 Å². The molecule has 0 aromatic carbocycles. The van der Waals surface area contributed by atoms with E-state index in [1.165, 1.54) is 70.6 Å². The number of nitrogens with zero attached hydrogens (tertiary/aromatic N) is 1. The molecule has 0 saturated carbocycles. The zero-order chi connectivity index (χ0) is 37.2. The van der Waals surface area contributed by atoms with Gasteiger partial charge in [-0.15, -0.1) is 0 Å². The van der Waals surface area contributed by atoms with Crippen LogP contribution in [0.1, 0.15) is 155 Å². The number of phosphoric ester groups is 1. The van der Waals surface area contributed by atoms with Gasteiger partial charge in [0.25, 0.3) is 0 Å². The van der Waals surface area contributed by atoms with Crippen LogP contribution in [0.25, 0.3) is 0 Å². The van der Waals surface area contributed by atoms with Crippen molar-refractivity contribution >= 4 is 19.8 Å². The minimum atomic E-state index is -4.37. The van der Waals surface area contributed by atoms with Crippen LogP contribution in [0.3, 0.4) is 0 Å². The molecule has 0 radical (unpaired) electrons. The highest BCUT2D eigenvalue weighted by Gasteiger charge is 2.27. The zero-order valence-electron chi connectivity index (χ0n) is 32.6. The molecule has 0 aliphatic rings. The van der Waals surface area contributed by atoms with E-state index in [2.05, 4.69) is 50.3 Å². The summed E-state index contributed by atoms with van der Waals surface area (Å²) in [4.78, 5) is 35.2. The van der Waals surface area contributed by atoms with Crippen LogP contribution in [0.5, 0.6) is 0 Å². The number of quaternary nitrogens is 1. The average molecular weight is 729 g/mol. The number of phosphoric acid groups is 1. The molecule has 9 nitrogen and oxygen atoms in total. The lowest BCUT2D eigenvalue weighted by Gasteiger charge is -2.24. The smallest absolute Gasteiger partial charge is 0.462 e. The molecular weight excluding hydrogens is 653 g/mol. The fourth-order valence-corrected chi connectivity index (χ4v) is 5.76. The molecule has 1 N–H and O–H groups in total. The van der Waals surface area contributed by atoms with Crippen molar-refractivity contribution in [1.82, 2.24) is 0 Å². The minimum absolute atomic E-state index is 0.0261. The number of unbranched alkanes of at least 4 members (excludes halogenated alkanes) is 15. The van der Waals surface area contributed by atoms with E-state index in [0.29, 0.717) is 23.9 Å². The molecule has 0 aromatic rings. The van der Waals surface area contributed by atoms with Gasteiger partial charge in [-0.2, -0.15) is 0 Å². The molecule has 0 aliphatic carbocycles. The molecule has 292 valence electrons. The van der Waals surface area contributed by atoms with E-state index >= 15 is 0 Å². The van der Waals surface area contributed by atoms with Crippen molar-refractivity contribution in [3.8, 4) is 0 Å². The molecular formula is C40H75NO8P+. The van der Waals surface area contributed by atoms with E-state index in [-0.39, 0.29) is 26.1 Å². The highest BCUT2D eigenvalue weighted by Crippen LogP contribution is 2.43. The standard InChI is InChI=1S/C40H74NO8P/c1-6-8-10-12-14-16-18-19-20-21-23-24-26-28-30-32-39(42)46-36-38(37-48-50(44,45)47-35-34-41(3,4)5)49-40(43)33-31-29-27-25-22-17-15-13-11-9-7-2/h14,16,19-20,23-24,38H,6-13,15,17-18,21-22,25-37H2,1-5H3/p+1/b16-14-,20-19-,24-23-/t38-/m1/s1. The molecule has 0 rings (SSSR count). The summed E-state index contributed by atoms with van der Waals surface area (Å²) in [5, 5.41) is 0. The van der Waals surface area contributed by atoms with Crippen molar-refractivity contribution in [2.45, 2.75) is 161 Å². The Hall–Kier alpha value is -1.77. The van der Waals surface area contributed by atoms with E-state index in [4.69, 9.17) is 18.5 Å². The summed E-state index contributed by atoms with van der Waals surface area (Å²) < 4.78 is 34.1. The summed E-state index contributed by atoms with van der Waals surface area (Å²) in [5.41, 5.74) is 0. The molecule has 0 amide bonds. The molecule has 0 heterocycles. The Bertz CT molecular complexity index is 959. The van der Waals surface area contributed by atoms with Crippen LogP contribution < -0.4 is 0 Å². The maximum atomic E-state index is 12.6. The molecule has 0 fully saturated rings. The summed E-state index contributed by atoms with van der Waals surface area (Å²) in [5.74, 6) is -0.845. The van der Waals surface area contributed by atoms with Gasteiger partial charge in [0.1, 0.15) is 19.8 Å². The Morgan fingerprint density at radius 3 is 1.64 bits per heavy atom. The summed E-state index contributed by atoms with van der Waals surface area (Å²) >= 11 is 0. The van der Waals surface area contributed by atoms with Crippen molar-refractivity contribution in [1.29, 1.82) is 0 Å². The fourth-order valence-electron chi connectivity index (χ4n) is 5.02. The monoisotopic (exact) mass is 729 g/mol. The van der Waals surface area contributed by atoms with E-state index < -0.39 is 32.5 Å². The van der Waals surface area contributed by atoms with Crippen molar-refractivity contribution in [3.63, 3.8) is 0 Å². The quantitative estimate of drug-likeness (QED) is 0.0226. The molecule has 50 heavy (non-hydrogen) atoms. The summed E-state index contributed by atoms with van der Waals surface area (Å²) in [7, 11) is 1.45. The summed E-state index contributed by atoms with van der Waals surface area (Å²) in [6.07, 6.45) is 34.8. The van der Waals surface area contributed by atoms with Gasteiger partial charge in [0.2, 0.25) is 0 Å². The topological polar surface area (TPSA) is 108 Å². The first-order valence-electron chi connectivity index (χ1n) is 19.7. The van der Waals surface area contributed by atoms with Crippen LogP contribution in [0.2, 0.25) is 0 Å². The highest BCUT2D eigenvalue weighted by atomic mass is 31.2. The number of allylic oxidation sites excluding steroid dienone is 6. The molecule has 0 aliphatic heterocycles. The van der Waals surface area contributed by atoms with Gasteiger partial charge in [0.15, 0.2) is 6.10 Å². The number of likely N-dealkylation sites (N-methyl/N-ethyl adjacent to an activating group) is 1.